The van der Waals surface area contributed by atoms with Crippen LogP contribution in [0.2, 0.25) is 0 Å². The highest BCUT2D eigenvalue weighted by molar-refractivity contribution is 5.82. The molecule has 0 spiro atoms. The van der Waals surface area contributed by atoms with Gasteiger partial charge < -0.3 is 14.5 Å². The Balaban J connectivity index is 1.47. The van der Waals surface area contributed by atoms with Crippen LogP contribution in [0.15, 0.2) is 0 Å². The molecule has 6 heteroatoms. The van der Waals surface area contributed by atoms with E-state index in [0.29, 0.717) is 25.7 Å². The van der Waals surface area contributed by atoms with Crippen molar-refractivity contribution in [2.75, 3.05) is 39.8 Å². The quantitative estimate of drug-likeness (QED) is 0.770. The molecule has 0 aromatic heterocycles. The zero-order valence-electron chi connectivity index (χ0n) is 15.8. The Kier molecular flexibility index (Phi) is 6.34. The largest absolute Gasteiger partial charge is 0.368 e. The fraction of sp³-hybridized carbons (Fsp3) is 0.895. The van der Waals surface area contributed by atoms with Gasteiger partial charge in [-0.25, -0.2) is 0 Å². The van der Waals surface area contributed by atoms with E-state index < -0.39 is 0 Å². The Morgan fingerprint density at radius 2 is 1.68 bits per heavy atom. The van der Waals surface area contributed by atoms with Gasteiger partial charge in [0.2, 0.25) is 5.91 Å². The van der Waals surface area contributed by atoms with E-state index in [1.54, 1.807) is 0 Å². The van der Waals surface area contributed by atoms with Gasteiger partial charge in [0.25, 0.3) is 5.91 Å². The molecule has 3 fully saturated rings. The Bertz CT molecular complexity index is 465. The van der Waals surface area contributed by atoms with Gasteiger partial charge in [-0.15, -0.1) is 0 Å². The van der Waals surface area contributed by atoms with Crippen molar-refractivity contribution in [3.05, 3.63) is 0 Å². The van der Waals surface area contributed by atoms with Gasteiger partial charge in [-0.3, -0.25) is 14.5 Å². The first-order chi connectivity index (χ1) is 12.1. The fourth-order valence-corrected chi connectivity index (χ4v) is 4.40. The summed E-state index contributed by atoms with van der Waals surface area (Å²) in [4.78, 5) is 31.4. The van der Waals surface area contributed by atoms with E-state index in [1.165, 1.54) is 19.3 Å². The van der Waals surface area contributed by atoms with E-state index in [2.05, 4.69) is 4.90 Å². The minimum atomic E-state index is -0.233. The van der Waals surface area contributed by atoms with Crippen molar-refractivity contribution < 1.29 is 14.3 Å². The monoisotopic (exact) mass is 351 g/mol. The summed E-state index contributed by atoms with van der Waals surface area (Å²) in [6.07, 6.45) is 7.64. The van der Waals surface area contributed by atoms with Gasteiger partial charge in [-0.05, 0) is 32.6 Å². The van der Waals surface area contributed by atoms with E-state index >= 15 is 0 Å². The zero-order valence-corrected chi connectivity index (χ0v) is 15.8. The van der Waals surface area contributed by atoms with Crippen LogP contribution < -0.4 is 0 Å². The second-order valence-electron chi connectivity index (χ2n) is 7.78. The minimum Gasteiger partial charge on any atom is -0.368 e. The van der Waals surface area contributed by atoms with Gasteiger partial charge >= 0.3 is 0 Å². The lowest BCUT2D eigenvalue weighted by Gasteiger charge is -2.40. The predicted molar refractivity (Wildman–Crippen MR) is 96.2 cm³/mol. The number of amides is 2. The highest BCUT2D eigenvalue weighted by atomic mass is 16.5. The van der Waals surface area contributed by atoms with Crippen LogP contribution in [-0.4, -0.2) is 84.5 Å². The lowest BCUT2D eigenvalue weighted by molar-refractivity contribution is -0.144. The van der Waals surface area contributed by atoms with E-state index in [0.717, 1.165) is 38.8 Å². The van der Waals surface area contributed by atoms with Crippen LogP contribution in [0.1, 0.15) is 51.9 Å². The fourth-order valence-electron chi connectivity index (χ4n) is 4.40. The van der Waals surface area contributed by atoms with Crippen molar-refractivity contribution in [1.82, 2.24) is 14.7 Å². The number of carbonyl (C=O) groups is 2. The van der Waals surface area contributed by atoms with Crippen molar-refractivity contribution in [3.8, 4) is 0 Å². The van der Waals surface area contributed by atoms with Crippen LogP contribution in [0.25, 0.3) is 0 Å². The number of piperazine rings is 1. The summed E-state index contributed by atoms with van der Waals surface area (Å²) >= 11 is 0. The van der Waals surface area contributed by atoms with Crippen LogP contribution in [0, 0.1) is 0 Å². The maximum absolute atomic E-state index is 12.8. The third kappa shape index (κ3) is 4.34. The molecule has 2 saturated heterocycles. The van der Waals surface area contributed by atoms with Crippen LogP contribution in [0.4, 0.5) is 0 Å². The van der Waals surface area contributed by atoms with Gasteiger partial charge in [-0.2, -0.15) is 0 Å². The summed E-state index contributed by atoms with van der Waals surface area (Å²) in [6, 6.07) is 0.304. The molecular weight excluding hydrogens is 318 g/mol. The molecule has 2 unspecified atom stereocenters. The van der Waals surface area contributed by atoms with E-state index in [-0.39, 0.29) is 24.0 Å². The summed E-state index contributed by atoms with van der Waals surface area (Å²) in [7, 11) is 1.96. The van der Waals surface area contributed by atoms with Crippen molar-refractivity contribution in [2.24, 2.45) is 0 Å². The summed E-state index contributed by atoms with van der Waals surface area (Å²) in [6.45, 7) is 5.65. The highest BCUT2D eigenvalue weighted by Gasteiger charge is 2.34. The molecule has 0 N–H and O–H groups in total. The molecular formula is C19H33N3O3. The first-order valence-electron chi connectivity index (χ1n) is 9.99. The molecule has 0 aromatic rings. The molecule has 2 aliphatic heterocycles. The molecule has 25 heavy (non-hydrogen) atoms. The normalized spacial score (nSPS) is 27.3. The summed E-state index contributed by atoms with van der Waals surface area (Å²) < 4.78 is 5.51. The number of ether oxygens (including phenoxy) is 1. The topological polar surface area (TPSA) is 53.1 Å². The van der Waals surface area contributed by atoms with Gasteiger partial charge in [0.1, 0.15) is 6.10 Å². The molecule has 3 rings (SSSR count). The molecule has 0 aromatic carbocycles. The number of carbonyl (C=O) groups excluding carboxylic acids is 2. The maximum Gasteiger partial charge on any atom is 0.251 e. The Morgan fingerprint density at radius 3 is 2.28 bits per heavy atom. The number of nitrogens with zero attached hydrogens (tertiary/aromatic N) is 3. The Morgan fingerprint density at radius 1 is 1.00 bits per heavy atom. The third-order valence-corrected chi connectivity index (χ3v) is 6.21. The van der Waals surface area contributed by atoms with E-state index in [1.807, 2.05) is 23.8 Å². The molecule has 6 nitrogen and oxygen atoms in total. The van der Waals surface area contributed by atoms with Gasteiger partial charge in [-0.1, -0.05) is 19.3 Å². The van der Waals surface area contributed by atoms with Crippen molar-refractivity contribution in [3.63, 3.8) is 0 Å². The summed E-state index contributed by atoms with van der Waals surface area (Å²) in [5, 5.41) is 0. The molecule has 142 valence electrons. The van der Waals surface area contributed by atoms with E-state index in [4.69, 9.17) is 4.74 Å². The summed E-state index contributed by atoms with van der Waals surface area (Å²) in [5.74, 6) is 0.362. The lowest BCUT2D eigenvalue weighted by Crippen LogP contribution is -2.57. The molecule has 2 amide bonds. The van der Waals surface area contributed by atoms with Crippen LogP contribution >= 0.6 is 0 Å². The lowest BCUT2D eigenvalue weighted by atomic mass is 9.94. The second-order valence-corrected chi connectivity index (χ2v) is 7.78. The van der Waals surface area contributed by atoms with Crippen molar-refractivity contribution >= 4 is 11.8 Å². The van der Waals surface area contributed by atoms with Gasteiger partial charge in [0, 0.05) is 45.9 Å². The average molecular weight is 351 g/mol. The molecule has 2 heterocycles. The number of hydrogen-bond acceptors (Lipinski definition) is 4. The highest BCUT2D eigenvalue weighted by Crippen LogP contribution is 2.23. The molecule has 1 saturated carbocycles. The number of hydrogen-bond donors (Lipinski definition) is 0. The van der Waals surface area contributed by atoms with E-state index in [9.17, 15) is 9.59 Å². The van der Waals surface area contributed by atoms with Crippen molar-refractivity contribution in [1.29, 1.82) is 0 Å². The molecule has 3 aliphatic rings. The number of rotatable bonds is 4. The zero-order chi connectivity index (χ0) is 17.8. The SMILES string of the molecule is CC(C(=O)N(C)C1CCCCC1)N1CCN(C(=O)C2CCCO2)CC1. The minimum absolute atomic E-state index is 0.105. The molecule has 0 radical (unpaired) electrons. The Hall–Kier alpha value is -1.14. The predicted octanol–water partition coefficient (Wildman–Crippen LogP) is 1.49. The Labute approximate surface area is 151 Å². The first-order valence-corrected chi connectivity index (χ1v) is 9.99. The maximum atomic E-state index is 12.8. The summed E-state index contributed by atoms with van der Waals surface area (Å²) in [5.41, 5.74) is 0. The van der Waals surface area contributed by atoms with Crippen LogP contribution in [-0.2, 0) is 14.3 Å². The average Bonchev–Trinajstić information content (AvgIpc) is 3.21. The van der Waals surface area contributed by atoms with Gasteiger partial charge in [0.15, 0.2) is 0 Å². The van der Waals surface area contributed by atoms with Crippen LogP contribution in [0.3, 0.4) is 0 Å². The molecule has 1 aliphatic carbocycles. The standard InChI is InChI=1S/C19H33N3O3/c1-15(18(23)20(2)16-7-4-3-5-8-16)21-10-12-22(13-11-21)19(24)17-9-6-14-25-17/h15-17H,3-14H2,1-2H3. The molecule has 2 atom stereocenters. The van der Waals surface area contributed by atoms with Crippen LogP contribution in [0.5, 0.6) is 0 Å². The smallest absolute Gasteiger partial charge is 0.251 e. The van der Waals surface area contributed by atoms with Crippen molar-refractivity contribution in [2.45, 2.75) is 70.1 Å². The first kappa shape index (κ1) is 18.6. The second kappa shape index (κ2) is 8.49. The van der Waals surface area contributed by atoms with Gasteiger partial charge in [0.05, 0.1) is 6.04 Å². The third-order valence-electron chi connectivity index (χ3n) is 6.21. The number of likely N-dealkylation sites (N-methyl/N-ethyl adjacent to an activating group) is 1. The molecule has 0 bridgehead atoms.